The molecule has 1 saturated carbocycles. The Morgan fingerprint density at radius 1 is 1.23 bits per heavy atom. The number of unbranched alkanes of at least 4 members (excludes halogenated alkanes) is 2. The Labute approximate surface area is 208 Å². The van der Waals surface area contributed by atoms with Crippen LogP contribution >= 0.6 is 0 Å². The van der Waals surface area contributed by atoms with Crippen LogP contribution in [-0.2, 0) is 20.9 Å². The smallest absolute Gasteiger partial charge is 0.332 e. The van der Waals surface area contributed by atoms with Crippen LogP contribution in [0.4, 0.5) is 4.79 Å². The fourth-order valence-corrected chi connectivity index (χ4v) is 4.76. The van der Waals surface area contributed by atoms with E-state index in [9.17, 15) is 14.4 Å². The third kappa shape index (κ3) is 6.16. The van der Waals surface area contributed by atoms with Gasteiger partial charge in [-0.2, -0.15) is 0 Å². The number of amides is 3. The molecule has 0 radical (unpaired) electrons. The predicted molar refractivity (Wildman–Crippen MR) is 134 cm³/mol. The molecule has 8 nitrogen and oxygen atoms in total. The number of esters is 1. The molecule has 2 fully saturated rings. The molecule has 3 rings (SSSR count). The van der Waals surface area contributed by atoms with Gasteiger partial charge in [0.2, 0.25) is 5.91 Å². The number of hydrogen-bond donors (Lipinski definition) is 1. The van der Waals surface area contributed by atoms with Gasteiger partial charge < -0.3 is 24.6 Å². The molecule has 0 unspecified atom stereocenters. The van der Waals surface area contributed by atoms with Gasteiger partial charge in [0.15, 0.2) is 0 Å². The lowest BCUT2D eigenvalue weighted by atomic mass is 10.1. The predicted octanol–water partition coefficient (Wildman–Crippen LogP) is 3.90. The van der Waals surface area contributed by atoms with E-state index in [1.165, 1.54) is 0 Å². The zero-order valence-electron chi connectivity index (χ0n) is 21.3. The summed E-state index contributed by atoms with van der Waals surface area (Å²) < 4.78 is 10.5. The molecule has 2 aliphatic rings. The van der Waals surface area contributed by atoms with Crippen LogP contribution in [0.5, 0.6) is 5.75 Å². The molecule has 1 aromatic rings. The van der Waals surface area contributed by atoms with Crippen LogP contribution in [-0.4, -0.2) is 66.1 Å². The molecule has 3 atom stereocenters. The number of rotatable bonds is 12. The van der Waals surface area contributed by atoms with E-state index in [1.54, 1.807) is 25.0 Å². The Morgan fingerprint density at radius 2 is 1.97 bits per heavy atom. The van der Waals surface area contributed by atoms with Crippen LogP contribution in [0.15, 0.2) is 36.9 Å². The summed E-state index contributed by atoms with van der Waals surface area (Å²) in [7, 11) is 1.62. The van der Waals surface area contributed by atoms with Crippen molar-refractivity contribution >= 4 is 17.9 Å². The lowest BCUT2D eigenvalue weighted by Gasteiger charge is -2.32. The Hall–Kier alpha value is -3.03. The van der Waals surface area contributed by atoms with Crippen LogP contribution < -0.4 is 10.1 Å². The second-order valence-electron chi connectivity index (χ2n) is 9.34. The third-order valence-electron chi connectivity index (χ3n) is 6.92. The number of ether oxygens (including phenoxy) is 2. The molecule has 0 spiro atoms. The Bertz CT molecular complexity index is 903. The number of likely N-dealkylation sites (tertiary alicyclic amines) is 1. The van der Waals surface area contributed by atoms with Gasteiger partial charge in [-0.1, -0.05) is 38.0 Å². The number of nitrogens with one attached hydrogen (secondary N) is 1. The molecule has 1 aliphatic heterocycles. The number of urea groups is 1. The third-order valence-corrected chi connectivity index (χ3v) is 6.92. The minimum Gasteiger partial charge on any atom is -0.497 e. The van der Waals surface area contributed by atoms with E-state index in [-0.39, 0.29) is 24.5 Å². The summed E-state index contributed by atoms with van der Waals surface area (Å²) in [5.74, 6) is -0.125. The number of carbonyl (C=O) groups excluding carboxylic acids is 3. The minimum atomic E-state index is -1.06. The molecule has 1 heterocycles. The van der Waals surface area contributed by atoms with E-state index in [4.69, 9.17) is 9.47 Å². The fraction of sp³-hybridized carbons (Fsp3) is 0.593. The first kappa shape index (κ1) is 26.6. The molecule has 0 bridgehead atoms. The number of carbonyl (C=O) groups is 3. The van der Waals surface area contributed by atoms with Crippen molar-refractivity contribution in [3.8, 4) is 5.75 Å². The highest BCUT2D eigenvalue weighted by Crippen LogP contribution is 2.45. The van der Waals surface area contributed by atoms with Gasteiger partial charge in [-0.25, -0.2) is 9.59 Å². The zero-order chi connectivity index (χ0) is 25.4. The lowest BCUT2D eigenvalue weighted by molar-refractivity contribution is -0.149. The number of methoxy groups -OCH3 is 1. The molecular formula is C27H39N3O5. The molecule has 192 valence electrons. The minimum absolute atomic E-state index is 0.143. The largest absolute Gasteiger partial charge is 0.497 e. The second-order valence-corrected chi connectivity index (χ2v) is 9.34. The summed E-state index contributed by atoms with van der Waals surface area (Å²) in [5, 5.41) is 2.92. The van der Waals surface area contributed by atoms with Crippen molar-refractivity contribution in [1.82, 2.24) is 15.1 Å². The average Bonchev–Trinajstić information content (AvgIpc) is 3.35. The first-order valence-corrected chi connectivity index (χ1v) is 12.7. The molecule has 1 saturated heterocycles. The van der Waals surface area contributed by atoms with Crippen molar-refractivity contribution in [1.29, 1.82) is 0 Å². The van der Waals surface area contributed by atoms with Gasteiger partial charge in [0.25, 0.3) is 0 Å². The highest BCUT2D eigenvalue weighted by atomic mass is 16.5. The summed E-state index contributed by atoms with van der Waals surface area (Å²) in [6, 6.07) is 6.94. The zero-order valence-corrected chi connectivity index (χ0v) is 21.3. The number of hydrogen-bond acceptors (Lipinski definition) is 5. The van der Waals surface area contributed by atoms with E-state index in [0.717, 1.165) is 37.0 Å². The number of nitrogens with zero attached hydrogens (tertiary/aromatic N) is 2. The molecule has 1 aromatic carbocycles. The quantitative estimate of drug-likeness (QED) is 0.276. The Balaban J connectivity index is 1.72. The van der Waals surface area contributed by atoms with Gasteiger partial charge in [-0.15, -0.1) is 6.58 Å². The molecule has 35 heavy (non-hydrogen) atoms. The maximum atomic E-state index is 13.7. The topological polar surface area (TPSA) is 88.2 Å². The Kier molecular flexibility index (Phi) is 9.18. The summed E-state index contributed by atoms with van der Waals surface area (Å²) in [6.07, 6.45) is 6.45. The molecule has 8 heteroatoms. The van der Waals surface area contributed by atoms with Gasteiger partial charge in [0, 0.05) is 25.6 Å². The summed E-state index contributed by atoms with van der Waals surface area (Å²) in [5.41, 5.74) is -0.0558. The van der Waals surface area contributed by atoms with E-state index in [2.05, 4.69) is 18.8 Å². The van der Waals surface area contributed by atoms with Crippen LogP contribution in [0, 0.1) is 5.92 Å². The SMILES string of the molecule is C=C[C@@H]1C[C@]1(NC(=O)[C@@H]1CCCN1C(=O)N(CCCCC)Cc1ccc(OC)cc1)C(=O)OCC. The normalized spacial score (nSPS) is 22.9. The van der Waals surface area contributed by atoms with Gasteiger partial charge in [0.05, 0.1) is 13.7 Å². The number of benzene rings is 1. The van der Waals surface area contributed by atoms with E-state index in [1.807, 2.05) is 29.2 Å². The van der Waals surface area contributed by atoms with E-state index in [0.29, 0.717) is 32.5 Å². The maximum absolute atomic E-state index is 13.7. The van der Waals surface area contributed by atoms with Gasteiger partial charge >= 0.3 is 12.0 Å². The summed E-state index contributed by atoms with van der Waals surface area (Å²) in [4.78, 5) is 43.1. The molecular weight excluding hydrogens is 446 g/mol. The van der Waals surface area contributed by atoms with Crippen molar-refractivity contribution in [2.45, 2.75) is 70.5 Å². The highest BCUT2D eigenvalue weighted by Gasteiger charge is 2.61. The fourth-order valence-electron chi connectivity index (χ4n) is 4.76. The molecule has 1 aliphatic carbocycles. The van der Waals surface area contributed by atoms with Crippen LogP contribution in [0.25, 0.3) is 0 Å². The average molecular weight is 486 g/mol. The Morgan fingerprint density at radius 3 is 2.57 bits per heavy atom. The lowest BCUT2D eigenvalue weighted by Crippen LogP contribution is -2.55. The monoisotopic (exact) mass is 485 g/mol. The molecule has 0 aromatic heterocycles. The van der Waals surface area contributed by atoms with Gasteiger partial charge in [0.1, 0.15) is 17.3 Å². The summed E-state index contributed by atoms with van der Waals surface area (Å²) >= 11 is 0. The maximum Gasteiger partial charge on any atom is 0.332 e. The van der Waals surface area contributed by atoms with Gasteiger partial charge in [-0.05, 0) is 50.3 Å². The first-order chi connectivity index (χ1) is 16.9. The van der Waals surface area contributed by atoms with Crippen LogP contribution in [0.1, 0.15) is 57.9 Å². The molecule has 3 amide bonds. The second kappa shape index (κ2) is 12.1. The van der Waals surface area contributed by atoms with Crippen molar-refractivity contribution in [2.75, 3.05) is 26.8 Å². The standard InChI is InChI=1S/C27H39N3O5/c1-5-8-9-16-29(19-20-12-14-22(34-4)15-13-20)26(33)30-17-10-11-23(30)24(31)28-27(18-21(27)6-2)25(32)35-7-3/h6,12-15,21,23H,2,5,7-11,16-19H2,1,3-4H3,(H,28,31)/t21-,23+,27-/m1/s1. The van der Waals surface area contributed by atoms with Crippen LogP contribution in [0.3, 0.4) is 0 Å². The van der Waals surface area contributed by atoms with Crippen LogP contribution in [0.2, 0.25) is 0 Å². The van der Waals surface area contributed by atoms with Gasteiger partial charge in [-0.3, -0.25) is 4.79 Å². The van der Waals surface area contributed by atoms with Crippen molar-refractivity contribution < 1.29 is 23.9 Å². The highest BCUT2D eigenvalue weighted by molar-refractivity contribution is 5.95. The van der Waals surface area contributed by atoms with Crippen molar-refractivity contribution in [3.63, 3.8) is 0 Å². The van der Waals surface area contributed by atoms with E-state index < -0.39 is 17.6 Å². The van der Waals surface area contributed by atoms with Crippen molar-refractivity contribution in [3.05, 3.63) is 42.5 Å². The summed E-state index contributed by atoms with van der Waals surface area (Å²) in [6.45, 7) is 9.49. The first-order valence-electron chi connectivity index (χ1n) is 12.7. The molecule has 1 N–H and O–H groups in total. The van der Waals surface area contributed by atoms with E-state index >= 15 is 0 Å². The van der Waals surface area contributed by atoms with Crippen molar-refractivity contribution in [2.24, 2.45) is 5.92 Å².